The fourth-order valence-corrected chi connectivity index (χ4v) is 3.52. The molecule has 1 aromatic heterocycles. The monoisotopic (exact) mass is 273 g/mol. The van der Waals surface area contributed by atoms with Gasteiger partial charge in [0.15, 0.2) is 0 Å². The molecular weight excluding hydrogens is 250 g/mol. The van der Waals surface area contributed by atoms with Crippen molar-refractivity contribution in [1.82, 2.24) is 15.6 Å². The highest BCUT2D eigenvalue weighted by atomic mass is 16.2. The first kappa shape index (κ1) is 13.6. The van der Waals surface area contributed by atoms with Crippen molar-refractivity contribution in [2.45, 2.75) is 57.7 Å². The van der Waals surface area contributed by atoms with Crippen LogP contribution in [-0.4, -0.2) is 23.0 Å². The van der Waals surface area contributed by atoms with Crippen LogP contribution in [0.5, 0.6) is 0 Å². The number of pyridine rings is 1. The van der Waals surface area contributed by atoms with Crippen LogP contribution in [-0.2, 0) is 11.3 Å². The second kappa shape index (κ2) is 5.92. The van der Waals surface area contributed by atoms with Gasteiger partial charge in [0.05, 0.1) is 18.3 Å². The van der Waals surface area contributed by atoms with Gasteiger partial charge in [0, 0.05) is 11.7 Å². The van der Waals surface area contributed by atoms with Crippen LogP contribution in [0.15, 0.2) is 18.2 Å². The van der Waals surface area contributed by atoms with E-state index < -0.39 is 0 Å². The molecule has 1 saturated heterocycles. The standard InChI is InChI=1S/C16H23N3O/c1-11-5-4-7-13(18-11)10-17-16(20)15-9-12-6-2-3-8-14(12)19-15/h4-5,7,12,14-15,19H,2-3,6,8-10H2,1H3,(H,17,20). The number of aromatic nitrogens is 1. The Bertz CT molecular complexity index is 474. The smallest absolute Gasteiger partial charge is 0.237 e. The van der Waals surface area contributed by atoms with Crippen molar-refractivity contribution < 1.29 is 4.79 Å². The zero-order valence-electron chi connectivity index (χ0n) is 12.1. The lowest BCUT2D eigenvalue weighted by Crippen LogP contribution is -2.43. The molecule has 4 nitrogen and oxygen atoms in total. The van der Waals surface area contributed by atoms with Gasteiger partial charge in [-0.3, -0.25) is 9.78 Å². The number of carbonyl (C=O) groups excluding carboxylic acids is 1. The van der Waals surface area contributed by atoms with Gasteiger partial charge in [-0.15, -0.1) is 0 Å². The average Bonchev–Trinajstić information content (AvgIpc) is 2.89. The summed E-state index contributed by atoms with van der Waals surface area (Å²) in [6.45, 7) is 2.49. The molecule has 3 unspecified atom stereocenters. The second-order valence-corrected chi connectivity index (χ2v) is 6.09. The maximum absolute atomic E-state index is 12.2. The number of amides is 1. The number of rotatable bonds is 3. The maximum Gasteiger partial charge on any atom is 0.237 e. The second-order valence-electron chi connectivity index (χ2n) is 6.09. The Kier molecular flexibility index (Phi) is 4.01. The summed E-state index contributed by atoms with van der Waals surface area (Å²) in [5.41, 5.74) is 1.91. The van der Waals surface area contributed by atoms with Crippen LogP contribution in [0.1, 0.15) is 43.5 Å². The molecule has 3 atom stereocenters. The van der Waals surface area contributed by atoms with E-state index >= 15 is 0 Å². The topological polar surface area (TPSA) is 54.0 Å². The summed E-state index contributed by atoms with van der Waals surface area (Å²) in [5, 5.41) is 6.52. The Balaban J connectivity index is 1.52. The van der Waals surface area contributed by atoms with E-state index in [1.807, 2.05) is 25.1 Å². The van der Waals surface area contributed by atoms with Gasteiger partial charge < -0.3 is 10.6 Å². The molecule has 2 aliphatic rings. The van der Waals surface area contributed by atoms with Gasteiger partial charge in [0.25, 0.3) is 0 Å². The number of carbonyl (C=O) groups is 1. The van der Waals surface area contributed by atoms with Crippen LogP contribution in [0.2, 0.25) is 0 Å². The molecule has 2 fully saturated rings. The minimum atomic E-state index is -0.00657. The molecule has 108 valence electrons. The fraction of sp³-hybridized carbons (Fsp3) is 0.625. The minimum Gasteiger partial charge on any atom is -0.349 e. The lowest BCUT2D eigenvalue weighted by molar-refractivity contribution is -0.123. The normalized spacial score (nSPS) is 28.9. The maximum atomic E-state index is 12.2. The van der Waals surface area contributed by atoms with Crippen LogP contribution in [0, 0.1) is 12.8 Å². The Morgan fingerprint density at radius 3 is 3.05 bits per heavy atom. The molecule has 1 amide bonds. The van der Waals surface area contributed by atoms with Crippen molar-refractivity contribution in [3.8, 4) is 0 Å². The summed E-state index contributed by atoms with van der Waals surface area (Å²) < 4.78 is 0. The average molecular weight is 273 g/mol. The van der Waals surface area contributed by atoms with Gasteiger partial charge in [0.2, 0.25) is 5.91 Å². The largest absolute Gasteiger partial charge is 0.349 e. The van der Waals surface area contributed by atoms with Crippen molar-refractivity contribution >= 4 is 5.91 Å². The van der Waals surface area contributed by atoms with Crippen LogP contribution in [0.3, 0.4) is 0 Å². The SMILES string of the molecule is Cc1cccc(CNC(=O)C2CC3CCCCC3N2)n1. The number of aryl methyl sites for hydroxylation is 1. The summed E-state index contributed by atoms with van der Waals surface area (Å²) in [6, 6.07) is 6.46. The fourth-order valence-electron chi connectivity index (χ4n) is 3.52. The predicted octanol–water partition coefficient (Wildman–Crippen LogP) is 1.93. The Labute approximate surface area is 120 Å². The zero-order valence-corrected chi connectivity index (χ0v) is 12.1. The third-order valence-corrected chi connectivity index (χ3v) is 4.57. The van der Waals surface area contributed by atoms with Gasteiger partial charge in [0.1, 0.15) is 0 Å². The summed E-state index contributed by atoms with van der Waals surface area (Å²) in [6.07, 6.45) is 6.13. The third kappa shape index (κ3) is 3.01. The molecule has 0 bridgehead atoms. The molecule has 1 aliphatic heterocycles. The Hall–Kier alpha value is -1.42. The zero-order chi connectivity index (χ0) is 13.9. The van der Waals surface area contributed by atoms with Gasteiger partial charge in [-0.2, -0.15) is 0 Å². The first-order valence-electron chi connectivity index (χ1n) is 7.68. The van der Waals surface area contributed by atoms with E-state index in [0.29, 0.717) is 18.5 Å². The number of fused-ring (bicyclic) bond motifs is 1. The number of nitrogens with one attached hydrogen (secondary N) is 2. The minimum absolute atomic E-state index is 0.00657. The molecule has 2 N–H and O–H groups in total. The molecule has 1 aromatic rings. The predicted molar refractivity (Wildman–Crippen MR) is 78.1 cm³/mol. The molecule has 4 heteroatoms. The van der Waals surface area contributed by atoms with Gasteiger partial charge >= 0.3 is 0 Å². The molecule has 0 spiro atoms. The van der Waals surface area contributed by atoms with Crippen LogP contribution in [0.25, 0.3) is 0 Å². The molecule has 0 aromatic carbocycles. The molecular formula is C16H23N3O. The summed E-state index contributed by atoms with van der Waals surface area (Å²) >= 11 is 0. The Morgan fingerprint density at radius 2 is 2.25 bits per heavy atom. The molecule has 20 heavy (non-hydrogen) atoms. The highest BCUT2D eigenvalue weighted by molar-refractivity contribution is 5.82. The number of nitrogens with zero attached hydrogens (tertiary/aromatic N) is 1. The number of hydrogen-bond acceptors (Lipinski definition) is 3. The Morgan fingerprint density at radius 1 is 1.40 bits per heavy atom. The van der Waals surface area contributed by atoms with E-state index in [9.17, 15) is 4.79 Å². The van der Waals surface area contributed by atoms with E-state index in [4.69, 9.17) is 0 Å². The lowest BCUT2D eigenvalue weighted by Gasteiger charge is -2.24. The van der Waals surface area contributed by atoms with Crippen LogP contribution in [0.4, 0.5) is 0 Å². The van der Waals surface area contributed by atoms with E-state index in [0.717, 1.165) is 17.8 Å². The molecule has 0 radical (unpaired) electrons. The summed E-state index contributed by atoms with van der Waals surface area (Å²) in [5.74, 6) is 0.833. The molecule has 1 aliphatic carbocycles. The quantitative estimate of drug-likeness (QED) is 0.885. The van der Waals surface area contributed by atoms with Crippen LogP contribution < -0.4 is 10.6 Å². The summed E-state index contributed by atoms with van der Waals surface area (Å²) in [4.78, 5) is 16.7. The molecule has 2 heterocycles. The first-order valence-corrected chi connectivity index (χ1v) is 7.68. The lowest BCUT2D eigenvalue weighted by atomic mass is 9.85. The van der Waals surface area contributed by atoms with Crippen molar-refractivity contribution in [1.29, 1.82) is 0 Å². The van der Waals surface area contributed by atoms with E-state index in [1.54, 1.807) is 0 Å². The van der Waals surface area contributed by atoms with Crippen molar-refractivity contribution in [2.24, 2.45) is 5.92 Å². The first-order chi connectivity index (χ1) is 9.72. The van der Waals surface area contributed by atoms with Gasteiger partial charge in [-0.05, 0) is 44.2 Å². The van der Waals surface area contributed by atoms with E-state index in [2.05, 4.69) is 15.6 Å². The highest BCUT2D eigenvalue weighted by Gasteiger charge is 2.37. The van der Waals surface area contributed by atoms with Crippen molar-refractivity contribution in [3.05, 3.63) is 29.6 Å². The number of hydrogen-bond donors (Lipinski definition) is 2. The van der Waals surface area contributed by atoms with Gasteiger partial charge in [-0.25, -0.2) is 0 Å². The molecule has 3 rings (SSSR count). The van der Waals surface area contributed by atoms with Crippen molar-refractivity contribution in [2.75, 3.05) is 0 Å². The van der Waals surface area contributed by atoms with Crippen LogP contribution >= 0.6 is 0 Å². The van der Waals surface area contributed by atoms with Gasteiger partial charge in [-0.1, -0.05) is 18.9 Å². The van der Waals surface area contributed by atoms with E-state index in [-0.39, 0.29) is 11.9 Å². The highest BCUT2D eigenvalue weighted by Crippen LogP contribution is 2.33. The van der Waals surface area contributed by atoms with E-state index in [1.165, 1.54) is 25.7 Å². The van der Waals surface area contributed by atoms with Crippen molar-refractivity contribution in [3.63, 3.8) is 0 Å². The molecule has 1 saturated carbocycles. The summed E-state index contributed by atoms with van der Waals surface area (Å²) in [7, 11) is 0. The third-order valence-electron chi connectivity index (χ3n) is 4.57.